The predicted octanol–water partition coefficient (Wildman–Crippen LogP) is 6.19. The smallest absolute Gasteiger partial charge is 0.191 e. The molecule has 140 valence electrons. The molecule has 0 unspecified atom stereocenters. The van der Waals surface area contributed by atoms with Crippen molar-refractivity contribution >= 4 is 22.4 Å². The van der Waals surface area contributed by atoms with E-state index in [9.17, 15) is 4.79 Å². The van der Waals surface area contributed by atoms with Crippen LogP contribution in [0, 0.1) is 19.4 Å². The Balaban J connectivity index is 1.48. The third-order valence-corrected chi connectivity index (χ3v) is 5.22. The van der Waals surface area contributed by atoms with Gasteiger partial charge in [0, 0.05) is 24.4 Å². The summed E-state index contributed by atoms with van der Waals surface area (Å²) in [6, 6.07) is 13.2. The first kappa shape index (κ1) is 18.2. The quantitative estimate of drug-likeness (QED) is 0.466. The minimum absolute atomic E-state index is 0.308. The Morgan fingerprint density at radius 3 is 2.71 bits per heavy atom. The molecule has 0 N–H and O–H groups in total. The summed E-state index contributed by atoms with van der Waals surface area (Å²) in [5.41, 5.74) is 3.33. The zero-order valence-electron chi connectivity index (χ0n) is 15.9. The minimum atomic E-state index is 0.308. The fourth-order valence-corrected chi connectivity index (χ4v) is 3.36. The number of ketones is 1. The second-order valence-corrected chi connectivity index (χ2v) is 7.52. The molecule has 3 aromatic rings. The summed E-state index contributed by atoms with van der Waals surface area (Å²) in [6.45, 7) is 9.23. The molecule has 0 saturated heterocycles. The van der Waals surface area contributed by atoms with Gasteiger partial charge in [0.1, 0.15) is 17.3 Å². The van der Waals surface area contributed by atoms with Gasteiger partial charge in [-0.1, -0.05) is 25.0 Å². The molecule has 2 aromatic carbocycles. The number of carbonyl (C=O) groups excluding carboxylic acids is 1. The summed E-state index contributed by atoms with van der Waals surface area (Å²) < 4.78 is 6.05. The molecular weight excluding hydrogens is 348 g/mol. The lowest BCUT2D eigenvalue weighted by molar-refractivity contribution is -0.118. The number of benzene rings is 2. The highest BCUT2D eigenvalue weighted by molar-refractivity contribution is 5.89. The van der Waals surface area contributed by atoms with Gasteiger partial charge in [-0.25, -0.2) is 4.85 Å². The molecule has 1 saturated carbocycles. The van der Waals surface area contributed by atoms with Crippen LogP contribution < -0.4 is 4.74 Å². The van der Waals surface area contributed by atoms with Crippen LogP contribution in [0.2, 0.25) is 0 Å². The van der Waals surface area contributed by atoms with Gasteiger partial charge in [0.15, 0.2) is 5.69 Å². The van der Waals surface area contributed by atoms with Gasteiger partial charge in [0.05, 0.1) is 12.1 Å². The first-order valence-corrected chi connectivity index (χ1v) is 9.67. The maximum atomic E-state index is 12.1. The lowest BCUT2D eigenvalue weighted by atomic mass is 10.0. The third kappa shape index (κ3) is 4.20. The standard InChI is InChI=1S/C24H22N2O2/c1-16-13-23-21(15-22(16)25-2)24(11-12-26-23)28-20-9-6-18(7-10-20)14-19(27)8-5-17-3-4-17/h6-7,9-13,15,17H,3-5,8,14H2,1H3. The van der Waals surface area contributed by atoms with Crippen LogP contribution in [0.3, 0.4) is 0 Å². The van der Waals surface area contributed by atoms with E-state index in [0.29, 0.717) is 35.8 Å². The number of aryl methyl sites for hydroxylation is 1. The first-order chi connectivity index (χ1) is 13.6. The van der Waals surface area contributed by atoms with Crippen molar-refractivity contribution in [1.29, 1.82) is 0 Å². The molecule has 4 nitrogen and oxygen atoms in total. The normalized spacial score (nSPS) is 13.3. The summed E-state index contributed by atoms with van der Waals surface area (Å²) in [4.78, 5) is 20.0. The van der Waals surface area contributed by atoms with E-state index < -0.39 is 0 Å². The number of carbonyl (C=O) groups is 1. The predicted molar refractivity (Wildman–Crippen MR) is 110 cm³/mol. The van der Waals surface area contributed by atoms with Crippen LogP contribution in [-0.4, -0.2) is 10.8 Å². The SMILES string of the molecule is [C-]#[N+]c1cc2c(Oc3ccc(CC(=O)CCC4CC4)cc3)ccnc2cc1C. The van der Waals surface area contributed by atoms with Crippen LogP contribution >= 0.6 is 0 Å². The number of pyridine rings is 1. The number of ether oxygens (including phenoxy) is 1. The molecule has 1 aliphatic rings. The van der Waals surface area contributed by atoms with E-state index >= 15 is 0 Å². The summed E-state index contributed by atoms with van der Waals surface area (Å²) >= 11 is 0. The van der Waals surface area contributed by atoms with Crippen molar-refractivity contribution in [2.45, 2.75) is 39.0 Å². The van der Waals surface area contributed by atoms with Crippen LogP contribution in [-0.2, 0) is 11.2 Å². The van der Waals surface area contributed by atoms with Crippen LogP contribution in [0.15, 0.2) is 48.7 Å². The highest BCUT2D eigenvalue weighted by Gasteiger charge is 2.21. The Labute approximate surface area is 165 Å². The van der Waals surface area contributed by atoms with Crippen molar-refractivity contribution in [2.75, 3.05) is 0 Å². The Bertz CT molecular complexity index is 1060. The lowest BCUT2D eigenvalue weighted by Crippen LogP contribution is -2.02. The molecule has 28 heavy (non-hydrogen) atoms. The van der Waals surface area contributed by atoms with Crippen LogP contribution in [0.25, 0.3) is 15.7 Å². The fourth-order valence-electron chi connectivity index (χ4n) is 3.36. The summed E-state index contributed by atoms with van der Waals surface area (Å²) in [7, 11) is 0. The van der Waals surface area contributed by atoms with Gasteiger partial charge < -0.3 is 4.74 Å². The Kier molecular flexibility index (Phi) is 5.08. The number of nitrogens with zero attached hydrogens (tertiary/aromatic N) is 2. The molecule has 1 heterocycles. The molecular formula is C24H22N2O2. The maximum absolute atomic E-state index is 12.1. The molecule has 0 amide bonds. The Morgan fingerprint density at radius 1 is 1.21 bits per heavy atom. The van der Waals surface area contributed by atoms with Crippen molar-refractivity contribution in [2.24, 2.45) is 5.92 Å². The van der Waals surface area contributed by atoms with Crippen molar-refractivity contribution < 1.29 is 9.53 Å². The number of hydrogen-bond acceptors (Lipinski definition) is 3. The number of rotatable bonds is 7. The average Bonchev–Trinajstić information content (AvgIpc) is 3.52. The number of Topliss-reactive ketones (excluding diaryl/α,β-unsaturated/α-hetero) is 1. The molecule has 1 aromatic heterocycles. The zero-order valence-corrected chi connectivity index (χ0v) is 15.9. The molecule has 1 aliphatic carbocycles. The number of hydrogen-bond donors (Lipinski definition) is 0. The molecule has 0 spiro atoms. The summed E-state index contributed by atoms with van der Waals surface area (Å²) in [5.74, 6) is 2.47. The zero-order chi connectivity index (χ0) is 19.5. The highest BCUT2D eigenvalue weighted by Crippen LogP contribution is 2.34. The Hall–Kier alpha value is -3.19. The maximum Gasteiger partial charge on any atom is 0.191 e. The summed E-state index contributed by atoms with van der Waals surface area (Å²) in [6.07, 6.45) is 6.51. The monoisotopic (exact) mass is 370 g/mol. The largest absolute Gasteiger partial charge is 0.457 e. The van der Waals surface area contributed by atoms with Gasteiger partial charge in [0.25, 0.3) is 0 Å². The molecule has 0 atom stereocenters. The number of fused-ring (bicyclic) bond motifs is 1. The van der Waals surface area contributed by atoms with Gasteiger partial charge >= 0.3 is 0 Å². The molecule has 4 rings (SSSR count). The number of aromatic nitrogens is 1. The van der Waals surface area contributed by atoms with Crippen molar-refractivity contribution in [1.82, 2.24) is 4.98 Å². The molecule has 0 bridgehead atoms. The van der Waals surface area contributed by atoms with Crippen molar-refractivity contribution in [3.05, 3.63) is 71.2 Å². The van der Waals surface area contributed by atoms with E-state index in [1.807, 2.05) is 43.3 Å². The lowest BCUT2D eigenvalue weighted by Gasteiger charge is -2.10. The van der Waals surface area contributed by atoms with Gasteiger partial charge in [-0.05, 0) is 60.7 Å². The fraction of sp³-hybridized carbons (Fsp3) is 0.292. The van der Waals surface area contributed by atoms with Crippen molar-refractivity contribution in [3.63, 3.8) is 0 Å². The molecule has 0 aliphatic heterocycles. The highest BCUT2D eigenvalue weighted by atomic mass is 16.5. The van der Waals surface area contributed by atoms with E-state index in [2.05, 4.69) is 9.83 Å². The van der Waals surface area contributed by atoms with Gasteiger partial charge in [-0.2, -0.15) is 0 Å². The minimum Gasteiger partial charge on any atom is -0.457 e. The molecule has 4 heteroatoms. The second kappa shape index (κ2) is 7.82. The average molecular weight is 370 g/mol. The second-order valence-electron chi connectivity index (χ2n) is 7.52. The van der Waals surface area contributed by atoms with Crippen LogP contribution in [0.4, 0.5) is 5.69 Å². The molecule has 1 fully saturated rings. The van der Waals surface area contributed by atoms with Crippen LogP contribution in [0.1, 0.15) is 36.8 Å². The van der Waals surface area contributed by atoms with Gasteiger partial charge in [0.2, 0.25) is 0 Å². The van der Waals surface area contributed by atoms with Gasteiger partial charge in [-0.15, -0.1) is 0 Å². The summed E-state index contributed by atoms with van der Waals surface area (Å²) in [5, 5.41) is 0.818. The van der Waals surface area contributed by atoms with E-state index in [-0.39, 0.29) is 0 Å². The third-order valence-electron chi connectivity index (χ3n) is 5.22. The van der Waals surface area contributed by atoms with E-state index in [0.717, 1.165) is 34.4 Å². The molecule has 0 radical (unpaired) electrons. The van der Waals surface area contributed by atoms with E-state index in [1.165, 1.54) is 12.8 Å². The van der Waals surface area contributed by atoms with Crippen LogP contribution in [0.5, 0.6) is 11.5 Å². The first-order valence-electron chi connectivity index (χ1n) is 9.67. The Morgan fingerprint density at radius 2 is 2.00 bits per heavy atom. The van der Waals surface area contributed by atoms with Crippen molar-refractivity contribution in [3.8, 4) is 11.5 Å². The van der Waals surface area contributed by atoms with E-state index in [1.54, 1.807) is 12.3 Å². The topological polar surface area (TPSA) is 43.5 Å². The van der Waals surface area contributed by atoms with E-state index in [4.69, 9.17) is 11.3 Å². The van der Waals surface area contributed by atoms with Gasteiger partial charge in [-0.3, -0.25) is 9.78 Å².